The molecule has 1 aromatic carbocycles. The highest BCUT2D eigenvalue weighted by molar-refractivity contribution is 5.69. The number of carboxylic acid groups (broad SMARTS) is 1. The number of hydrogen-bond acceptors (Lipinski definition) is 1. The molecule has 0 fully saturated rings. The van der Waals surface area contributed by atoms with Crippen molar-refractivity contribution in [3.05, 3.63) is 36.1 Å². The molecule has 0 saturated carbocycles. The Morgan fingerprint density at radius 2 is 1.70 bits per heavy atom. The summed E-state index contributed by atoms with van der Waals surface area (Å²) in [7, 11) is 0. The molecule has 0 radical (unpaired) electrons. The van der Waals surface area contributed by atoms with Crippen molar-refractivity contribution < 1.29 is 14.3 Å². The third-order valence-electron chi connectivity index (χ3n) is 3.23. The lowest BCUT2D eigenvalue weighted by Crippen LogP contribution is -2.12. The van der Waals surface area contributed by atoms with Gasteiger partial charge in [0.05, 0.1) is 5.92 Å². The quantitative estimate of drug-likeness (QED) is 0.658. The average Bonchev–Trinajstić information content (AvgIpc) is 2.44. The van der Waals surface area contributed by atoms with Crippen LogP contribution in [0.4, 0.5) is 4.39 Å². The van der Waals surface area contributed by atoms with Gasteiger partial charge in [0.2, 0.25) is 0 Å². The summed E-state index contributed by atoms with van der Waals surface area (Å²) in [6.07, 6.45) is 7.67. The minimum atomic E-state index is -0.627. The van der Waals surface area contributed by atoms with Gasteiger partial charge in [0, 0.05) is 0 Å². The molecule has 1 rings (SSSR count). The lowest BCUT2D eigenvalue weighted by atomic mass is 9.98. The summed E-state index contributed by atoms with van der Waals surface area (Å²) in [5.41, 5.74) is 0. The maximum Gasteiger partial charge on any atom is 0.306 e. The first-order valence-corrected chi connectivity index (χ1v) is 7.55. The predicted molar refractivity (Wildman–Crippen MR) is 81.2 cm³/mol. The van der Waals surface area contributed by atoms with E-state index in [2.05, 4.69) is 6.92 Å². The Morgan fingerprint density at radius 3 is 2.10 bits per heavy atom. The van der Waals surface area contributed by atoms with E-state index in [-0.39, 0.29) is 11.7 Å². The Bertz CT molecular complexity index is 338. The van der Waals surface area contributed by atoms with Gasteiger partial charge in [0.1, 0.15) is 5.82 Å². The first-order chi connectivity index (χ1) is 9.61. The number of unbranched alkanes of at least 4 members (excludes halogenated alkanes) is 4. The molecule has 1 unspecified atom stereocenters. The number of carbonyl (C=O) groups is 1. The molecule has 3 heteroatoms. The molecular formula is C17H27FO2. The lowest BCUT2D eigenvalue weighted by molar-refractivity contribution is -0.142. The summed E-state index contributed by atoms with van der Waals surface area (Å²) < 4.78 is 11.9. The van der Waals surface area contributed by atoms with E-state index in [1.807, 2.05) is 6.92 Å². The van der Waals surface area contributed by atoms with E-state index in [1.54, 1.807) is 18.2 Å². The van der Waals surface area contributed by atoms with Gasteiger partial charge in [-0.25, -0.2) is 4.39 Å². The van der Waals surface area contributed by atoms with Gasteiger partial charge in [0.15, 0.2) is 0 Å². The summed E-state index contributed by atoms with van der Waals surface area (Å²) in [4.78, 5) is 10.7. The number of aliphatic carboxylic acids is 1. The van der Waals surface area contributed by atoms with Gasteiger partial charge in [-0.05, 0) is 25.0 Å². The Balaban J connectivity index is 0.000000428. The molecule has 1 atom stereocenters. The fourth-order valence-electron chi connectivity index (χ4n) is 1.91. The molecule has 1 aromatic rings. The minimum Gasteiger partial charge on any atom is -0.481 e. The zero-order valence-electron chi connectivity index (χ0n) is 12.6. The fourth-order valence-corrected chi connectivity index (χ4v) is 1.91. The summed E-state index contributed by atoms with van der Waals surface area (Å²) in [6.45, 7) is 4.14. The highest BCUT2D eigenvalue weighted by atomic mass is 19.1. The fraction of sp³-hybridized carbons (Fsp3) is 0.588. The molecule has 114 valence electrons. The molecule has 0 aliphatic heterocycles. The molecule has 0 saturated heterocycles. The van der Waals surface area contributed by atoms with Crippen LogP contribution in [0.25, 0.3) is 0 Å². The van der Waals surface area contributed by atoms with Crippen LogP contribution in [0.15, 0.2) is 30.3 Å². The maximum atomic E-state index is 11.9. The Hall–Kier alpha value is -1.38. The second kappa shape index (κ2) is 12.6. The smallest absolute Gasteiger partial charge is 0.306 e. The van der Waals surface area contributed by atoms with Crippen molar-refractivity contribution in [1.82, 2.24) is 0 Å². The van der Waals surface area contributed by atoms with Crippen molar-refractivity contribution in [2.45, 2.75) is 58.8 Å². The van der Waals surface area contributed by atoms with Crippen molar-refractivity contribution >= 4 is 5.97 Å². The van der Waals surface area contributed by atoms with Crippen molar-refractivity contribution in [1.29, 1.82) is 0 Å². The van der Waals surface area contributed by atoms with Crippen molar-refractivity contribution in [2.75, 3.05) is 0 Å². The van der Waals surface area contributed by atoms with E-state index < -0.39 is 5.97 Å². The lowest BCUT2D eigenvalue weighted by Gasteiger charge is -2.08. The van der Waals surface area contributed by atoms with Gasteiger partial charge in [-0.15, -0.1) is 0 Å². The van der Waals surface area contributed by atoms with E-state index in [1.165, 1.54) is 37.8 Å². The molecule has 20 heavy (non-hydrogen) atoms. The molecule has 0 aromatic heterocycles. The minimum absolute atomic E-state index is 0.110. The molecule has 2 nitrogen and oxygen atoms in total. The van der Waals surface area contributed by atoms with Gasteiger partial charge >= 0.3 is 5.97 Å². The molecule has 0 heterocycles. The number of halogens is 1. The highest BCUT2D eigenvalue weighted by Crippen LogP contribution is 2.14. The van der Waals surface area contributed by atoms with Crippen LogP contribution < -0.4 is 0 Å². The van der Waals surface area contributed by atoms with Crippen LogP contribution in [0.1, 0.15) is 58.8 Å². The summed E-state index contributed by atoms with van der Waals surface area (Å²) in [6, 6.07) is 7.94. The Labute approximate surface area is 122 Å². The average molecular weight is 282 g/mol. The van der Waals surface area contributed by atoms with E-state index >= 15 is 0 Å². The Kier molecular flexibility index (Phi) is 11.8. The van der Waals surface area contributed by atoms with Crippen molar-refractivity contribution in [3.8, 4) is 0 Å². The van der Waals surface area contributed by atoms with Crippen LogP contribution in [0.5, 0.6) is 0 Å². The topological polar surface area (TPSA) is 37.3 Å². The van der Waals surface area contributed by atoms with Gasteiger partial charge < -0.3 is 5.11 Å². The van der Waals surface area contributed by atoms with E-state index in [4.69, 9.17) is 5.11 Å². The number of hydrogen-bond donors (Lipinski definition) is 1. The maximum absolute atomic E-state index is 11.9. The molecule has 0 bridgehead atoms. The van der Waals surface area contributed by atoms with Gasteiger partial charge in [-0.3, -0.25) is 4.79 Å². The second-order valence-electron chi connectivity index (χ2n) is 4.94. The van der Waals surface area contributed by atoms with Crippen molar-refractivity contribution in [3.63, 3.8) is 0 Å². The van der Waals surface area contributed by atoms with E-state index in [0.717, 1.165) is 19.3 Å². The molecule has 0 spiro atoms. The summed E-state index contributed by atoms with van der Waals surface area (Å²) >= 11 is 0. The first kappa shape index (κ1) is 18.6. The number of carboxylic acids is 1. The van der Waals surface area contributed by atoms with Gasteiger partial charge in [-0.1, -0.05) is 64.2 Å². The van der Waals surface area contributed by atoms with Crippen LogP contribution in [0.2, 0.25) is 0 Å². The number of rotatable bonds is 8. The number of benzene rings is 1. The largest absolute Gasteiger partial charge is 0.481 e. The SMILES string of the molecule is CCCCCCCC(CC)C(=O)O.Fc1ccccc1. The molecule has 0 aliphatic carbocycles. The third-order valence-corrected chi connectivity index (χ3v) is 3.23. The van der Waals surface area contributed by atoms with Gasteiger partial charge in [-0.2, -0.15) is 0 Å². The van der Waals surface area contributed by atoms with E-state index in [9.17, 15) is 9.18 Å². The van der Waals surface area contributed by atoms with Crippen LogP contribution in [0.3, 0.4) is 0 Å². The molecule has 1 N–H and O–H groups in total. The van der Waals surface area contributed by atoms with Crippen LogP contribution in [-0.4, -0.2) is 11.1 Å². The Morgan fingerprint density at radius 1 is 1.10 bits per heavy atom. The van der Waals surface area contributed by atoms with Crippen molar-refractivity contribution in [2.24, 2.45) is 5.92 Å². The summed E-state index contributed by atoms with van der Waals surface area (Å²) in [5.74, 6) is -0.915. The monoisotopic (exact) mass is 282 g/mol. The van der Waals surface area contributed by atoms with Crippen LogP contribution >= 0.6 is 0 Å². The van der Waals surface area contributed by atoms with Crippen LogP contribution in [0, 0.1) is 11.7 Å². The predicted octanol–water partition coefficient (Wildman–Crippen LogP) is 5.28. The molecular weight excluding hydrogens is 255 g/mol. The van der Waals surface area contributed by atoms with E-state index in [0.29, 0.717) is 0 Å². The third kappa shape index (κ3) is 10.5. The zero-order valence-corrected chi connectivity index (χ0v) is 12.6. The molecule has 0 amide bonds. The first-order valence-electron chi connectivity index (χ1n) is 7.55. The summed E-state index contributed by atoms with van der Waals surface area (Å²) in [5, 5.41) is 8.78. The normalized spacial score (nSPS) is 11.3. The zero-order chi connectivity index (χ0) is 15.2. The highest BCUT2D eigenvalue weighted by Gasteiger charge is 2.13. The van der Waals surface area contributed by atoms with Gasteiger partial charge in [0.25, 0.3) is 0 Å². The standard InChI is InChI=1S/C11H22O2.C6H5F/c1-3-5-6-7-8-9-10(4-2)11(12)13;7-6-4-2-1-3-5-6/h10H,3-9H2,1-2H3,(H,12,13);1-5H. The van der Waals surface area contributed by atoms with Crippen LogP contribution in [-0.2, 0) is 4.79 Å². The second-order valence-corrected chi connectivity index (χ2v) is 4.94. The molecule has 0 aliphatic rings.